The van der Waals surface area contributed by atoms with Gasteiger partial charge in [0.15, 0.2) is 0 Å². The van der Waals surface area contributed by atoms with Gasteiger partial charge in [-0.2, -0.15) is 0 Å². The van der Waals surface area contributed by atoms with Crippen LogP contribution in [0.3, 0.4) is 0 Å². The molecular formula is C26H34N6O3. The van der Waals surface area contributed by atoms with Crippen molar-refractivity contribution >= 4 is 34.9 Å². The van der Waals surface area contributed by atoms with Gasteiger partial charge in [0.05, 0.1) is 25.0 Å². The minimum absolute atomic E-state index is 0.0934. The van der Waals surface area contributed by atoms with E-state index >= 15 is 0 Å². The van der Waals surface area contributed by atoms with Gasteiger partial charge in [0.25, 0.3) is 0 Å². The van der Waals surface area contributed by atoms with Crippen LogP contribution < -0.4 is 25.8 Å². The molecule has 0 radical (unpaired) electrons. The van der Waals surface area contributed by atoms with Crippen molar-refractivity contribution in [1.29, 1.82) is 0 Å². The molecule has 2 aromatic rings. The summed E-state index contributed by atoms with van der Waals surface area (Å²) < 4.78 is 5.52. The molecule has 0 bridgehead atoms. The molecule has 1 aromatic carbocycles. The van der Waals surface area contributed by atoms with Gasteiger partial charge in [-0.15, -0.1) is 0 Å². The van der Waals surface area contributed by atoms with Gasteiger partial charge in [-0.05, 0) is 49.2 Å². The molecule has 3 fully saturated rings. The Kier molecular flexibility index (Phi) is 6.92. The molecule has 1 aliphatic carbocycles. The molecule has 0 spiro atoms. The fourth-order valence-electron chi connectivity index (χ4n) is 5.18. The summed E-state index contributed by atoms with van der Waals surface area (Å²) in [5.41, 5.74) is 8.35. The first-order chi connectivity index (χ1) is 17.1. The highest BCUT2D eigenvalue weighted by atomic mass is 16.6. The third kappa shape index (κ3) is 5.44. The quantitative estimate of drug-likeness (QED) is 0.658. The van der Waals surface area contributed by atoms with Crippen LogP contribution in [0.4, 0.5) is 27.7 Å². The number of nitrogen functional groups attached to an aromatic ring is 1. The molecule has 1 saturated carbocycles. The molecule has 0 unspecified atom stereocenters. The Morgan fingerprint density at radius 3 is 2.34 bits per heavy atom. The van der Waals surface area contributed by atoms with Crippen LogP contribution >= 0.6 is 0 Å². The zero-order chi connectivity index (χ0) is 24.2. The van der Waals surface area contributed by atoms with Crippen LogP contribution in [0, 0.1) is 5.92 Å². The molecule has 2 amide bonds. The summed E-state index contributed by atoms with van der Waals surface area (Å²) in [5.74, 6) is 1.15. The summed E-state index contributed by atoms with van der Waals surface area (Å²) >= 11 is 0. The highest BCUT2D eigenvalue weighted by molar-refractivity contribution is 5.90. The zero-order valence-electron chi connectivity index (χ0n) is 20.1. The number of hydrogen-bond donors (Lipinski definition) is 2. The normalized spacial score (nSPS) is 21.2. The van der Waals surface area contributed by atoms with E-state index in [1.807, 2.05) is 24.3 Å². The smallest absolute Gasteiger partial charge is 0.414 e. The fraction of sp³-hybridized carbons (Fsp3) is 0.500. The summed E-state index contributed by atoms with van der Waals surface area (Å²) in [6.07, 6.45) is 6.38. The number of nitrogens with one attached hydrogen (secondary N) is 1. The molecule has 186 valence electrons. The molecule has 9 heteroatoms. The molecule has 3 aliphatic rings. The lowest BCUT2D eigenvalue weighted by Gasteiger charge is -2.36. The van der Waals surface area contributed by atoms with Crippen molar-refractivity contribution in [3.8, 4) is 0 Å². The Hall–Kier alpha value is -3.49. The van der Waals surface area contributed by atoms with Crippen molar-refractivity contribution in [2.75, 3.05) is 59.7 Å². The third-order valence-electron chi connectivity index (χ3n) is 7.25. The zero-order valence-corrected chi connectivity index (χ0v) is 20.1. The van der Waals surface area contributed by atoms with Crippen molar-refractivity contribution in [2.45, 2.75) is 38.2 Å². The minimum atomic E-state index is -0.362. The number of pyridine rings is 1. The highest BCUT2D eigenvalue weighted by Crippen LogP contribution is 2.27. The first kappa shape index (κ1) is 23.3. The average molecular weight is 479 g/mol. The third-order valence-corrected chi connectivity index (χ3v) is 7.25. The van der Waals surface area contributed by atoms with Gasteiger partial charge in [0, 0.05) is 43.5 Å². The number of anilines is 4. The van der Waals surface area contributed by atoms with Crippen LogP contribution in [-0.2, 0) is 9.53 Å². The van der Waals surface area contributed by atoms with Gasteiger partial charge in [-0.1, -0.05) is 19.3 Å². The van der Waals surface area contributed by atoms with Crippen LogP contribution in [0.25, 0.3) is 0 Å². The number of rotatable bonds is 6. The van der Waals surface area contributed by atoms with Crippen molar-refractivity contribution in [2.24, 2.45) is 5.92 Å². The van der Waals surface area contributed by atoms with Crippen molar-refractivity contribution < 1.29 is 14.3 Å². The first-order valence-corrected chi connectivity index (χ1v) is 12.6. The number of aromatic nitrogens is 1. The number of benzene rings is 1. The molecular weight excluding hydrogens is 444 g/mol. The fourth-order valence-corrected chi connectivity index (χ4v) is 5.18. The Morgan fingerprint density at radius 1 is 0.971 bits per heavy atom. The Morgan fingerprint density at radius 2 is 1.66 bits per heavy atom. The van der Waals surface area contributed by atoms with E-state index in [0.717, 1.165) is 69.1 Å². The average Bonchev–Trinajstić information content (AvgIpc) is 3.29. The maximum atomic E-state index is 12.5. The van der Waals surface area contributed by atoms with Crippen molar-refractivity contribution in [1.82, 2.24) is 10.3 Å². The van der Waals surface area contributed by atoms with E-state index in [4.69, 9.17) is 10.5 Å². The predicted octanol–water partition coefficient (Wildman–Crippen LogP) is 3.01. The number of cyclic esters (lactones) is 1. The predicted molar refractivity (Wildman–Crippen MR) is 137 cm³/mol. The van der Waals surface area contributed by atoms with Crippen LogP contribution in [-0.4, -0.2) is 62.4 Å². The number of amides is 2. The van der Waals surface area contributed by atoms with Gasteiger partial charge < -0.3 is 25.6 Å². The second-order valence-electron chi connectivity index (χ2n) is 9.64. The van der Waals surface area contributed by atoms with Crippen LogP contribution in [0.15, 0.2) is 42.6 Å². The van der Waals surface area contributed by atoms with Crippen molar-refractivity contribution in [3.63, 3.8) is 0 Å². The Labute approximate surface area is 206 Å². The van der Waals surface area contributed by atoms with Gasteiger partial charge in [0.2, 0.25) is 5.91 Å². The van der Waals surface area contributed by atoms with Crippen molar-refractivity contribution in [3.05, 3.63) is 42.6 Å². The minimum Gasteiger partial charge on any atom is -0.442 e. The molecule has 3 heterocycles. The number of piperazine rings is 1. The Bertz CT molecular complexity index is 1010. The molecule has 9 nitrogen and oxygen atoms in total. The maximum Gasteiger partial charge on any atom is 0.414 e. The summed E-state index contributed by atoms with van der Waals surface area (Å²) in [6, 6.07) is 11.9. The van der Waals surface area contributed by atoms with E-state index in [1.165, 1.54) is 6.42 Å². The lowest BCUT2D eigenvalue weighted by Crippen LogP contribution is -2.46. The molecule has 1 aromatic heterocycles. The number of nitrogens with two attached hydrogens (primary N) is 1. The van der Waals surface area contributed by atoms with E-state index in [9.17, 15) is 9.59 Å². The van der Waals surface area contributed by atoms with Gasteiger partial charge in [-0.3, -0.25) is 9.69 Å². The van der Waals surface area contributed by atoms with Gasteiger partial charge >= 0.3 is 6.09 Å². The molecule has 35 heavy (non-hydrogen) atoms. The van der Waals surface area contributed by atoms with Crippen LogP contribution in [0.1, 0.15) is 32.1 Å². The second kappa shape index (κ2) is 10.4. The number of ether oxygens (including phenoxy) is 1. The largest absolute Gasteiger partial charge is 0.442 e. The second-order valence-corrected chi connectivity index (χ2v) is 9.64. The summed E-state index contributed by atoms with van der Waals surface area (Å²) in [5, 5.41) is 2.99. The number of hydrogen-bond acceptors (Lipinski definition) is 7. The van der Waals surface area contributed by atoms with Gasteiger partial charge in [-0.25, -0.2) is 9.78 Å². The molecule has 2 saturated heterocycles. The van der Waals surface area contributed by atoms with Crippen LogP contribution in [0.2, 0.25) is 0 Å². The first-order valence-electron chi connectivity index (χ1n) is 12.6. The Balaban J connectivity index is 1.11. The lowest BCUT2D eigenvalue weighted by molar-refractivity contribution is -0.126. The number of carbonyl (C=O) groups excluding carboxylic acids is 2. The molecule has 1 atom stereocenters. The standard InChI is InChI=1S/C26H34N6O3/c27-20-6-11-24(28-16-20)31-14-12-30(13-15-31)21-7-9-22(10-8-21)32-18-23(35-26(32)34)17-29-25(33)19-4-2-1-3-5-19/h6-11,16,19,23H,1-5,12-15,17-18,27H2,(H,29,33)/t23-/m0/s1. The summed E-state index contributed by atoms with van der Waals surface area (Å²) in [7, 11) is 0. The molecule has 3 N–H and O–H groups in total. The van der Waals surface area contributed by atoms with E-state index in [-0.39, 0.29) is 24.0 Å². The van der Waals surface area contributed by atoms with E-state index in [0.29, 0.717) is 18.8 Å². The van der Waals surface area contributed by atoms with Crippen LogP contribution in [0.5, 0.6) is 0 Å². The van der Waals surface area contributed by atoms with E-state index < -0.39 is 0 Å². The topological polar surface area (TPSA) is 104 Å². The maximum absolute atomic E-state index is 12.5. The highest BCUT2D eigenvalue weighted by Gasteiger charge is 2.33. The monoisotopic (exact) mass is 478 g/mol. The molecule has 2 aliphatic heterocycles. The summed E-state index contributed by atoms with van der Waals surface area (Å²) in [6.45, 7) is 4.34. The van der Waals surface area contributed by atoms with E-state index in [2.05, 4.69) is 32.2 Å². The van der Waals surface area contributed by atoms with E-state index in [1.54, 1.807) is 11.1 Å². The molecule has 5 rings (SSSR count). The summed E-state index contributed by atoms with van der Waals surface area (Å²) in [4.78, 5) is 35.5. The lowest BCUT2D eigenvalue weighted by atomic mass is 9.88. The SMILES string of the molecule is Nc1ccc(N2CCN(c3ccc(N4C[C@H](CNC(=O)C5CCCCC5)OC4=O)cc3)CC2)nc1. The number of carbonyl (C=O) groups is 2. The van der Waals surface area contributed by atoms with Gasteiger partial charge in [0.1, 0.15) is 11.9 Å². The number of nitrogens with zero attached hydrogens (tertiary/aromatic N) is 4.